The Morgan fingerprint density at radius 1 is 1.44 bits per heavy atom. The van der Waals surface area contributed by atoms with Crippen LogP contribution in [0.5, 0.6) is 5.88 Å². The number of nitro groups is 1. The van der Waals surface area contributed by atoms with Gasteiger partial charge in [-0.1, -0.05) is 20.8 Å². The smallest absolute Gasteiger partial charge is 0.404 e. The zero-order valence-corrected chi connectivity index (χ0v) is 16.3. The van der Waals surface area contributed by atoms with Crippen molar-refractivity contribution in [3.05, 3.63) is 15.8 Å². The van der Waals surface area contributed by atoms with Gasteiger partial charge in [0.25, 0.3) is 0 Å². The Kier molecular flexibility index (Phi) is 6.63. The van der Waals surface area contributed by atoms with Crippen LogP contribution < -0.4 is 10.5 Å². The number of nitrogens with zero attached hydrogens (tertiary/aromatic N) is 3. The average molecular weight is 384 g/mol. The predicted octanol–water partition coefficient (Wildman–Crippen LogP) is 2.73. The first-order valence-electron chi connectivity index (χ1n) is 9.01. The highest BCUT2D eigenvalue weighted by Crippen LogP contribution is 2.37. The van der Waals surface area contributed by atoms with Crippen molar-refractivity contribution in [1.29, 1.82) is 0 Å². The molecule has 0 spiro atoms. The van der Waals surface area contributed by atoms with Crippen LogP contribution in [0.1, 0.15) is 51.8 Å². The molecule has 27 heavy (non-hydrogen) atoms. The molecule has 0 radical (unpaired) electrons. The summed E-state index contributed by atoms with van der Waals surface area (Å²) in [5, 5.41) is 16.1. The van der Waals surface area contributed by atoms with Gasteiger partial charge in [0.15, 0.2) is 0 Å². The van der Waals surface area contributed by atoms with Crippen molar-refractivity contribution >= 4 is 11.8 Å². The SMILES string of the molecule is Cc1c([N+](=O)[O-])c(OC(CCOC(N)=O)C(C)(C)C)nn1C1CCOCC1. The van der Waals surface area contributed by atoms with E-state index in [1.54, 1.807) is 11.6 Å². The second-order valence-electron chi connectivity index (χ2n) is 7.71. The summed E-state index contributed by atoms with van der Waals surface area (Å²) < 4.78 is 17.8. The number of carbonyl (C=O) groups is 1. The quantitative estimate of drug-likeness (QED) is 0.564. The standard InChI is InChI=1S/C17H28N4O6/c1-11-14(21(23)24)15(19-20(11)12-5-8-25-9-6-12)27-13(17(2,3)4)7-10-26-16(18)22/h12-13H,5-10H2,1-4H3,(H2,18,22). The highest BCUT2D eigenvalue weighted by molar-refractivity contribution is 5.64. The molecule has 10 heteroatoms. The number of hydrogen-bond donors (Lipinski definition) is 1. The van der Waals surface area contributed by atoms with E-state index in [0.717, 1.165) is 12.8 Å². The fourth-order valence-electron chi connectivity index (χ4n) is 3.13. The van der Waals surface area contributed by atoms with Crippen LogP contribution in [0.2, 0.25) is 0 Å². The molecule has 2 N–H and O–H groups in total. The molecular formula is C17H28N4O6. The van der Waals surface area contributed by atoms with Crippen LogP contribution in [0.15, 0.2) is 0 Å². The van der Waals surface area contributed by atoms with Crippen LogP contribution in [-0.2, 0) is 9.47 Å². The van der Waals surface area contributed by atoms with Crippen molar-refractivity contribution < 1.29 is 23.9 Å². The number of ether oxygens (including phenoxy) is 3. The number of amides is 1. The summed E-state index contributed by atoms with van der Waals surface area (Å²) in [6.45, 7) is 8.76. The maximum absolute atomic E-state index is 11.6. The van der Waals surface area contributed by atoms with Gasteiger partial charge in [0.2, 0.25) is 0 Å². The summed E-state index contributed by atoms with van der Waals surface area (Å²) in [5.41, 5.74) is 4.97. The molecule has 152 valence electrons. The first kappa shape index (κ1) is 20.9. The zero-order chi connectivity index (χ0) is 20.2. The van der Waals surface area contributed by atoms with Gasteiger partial charge in [0.1, 0.15) is 11.8 Å². The normalized spacial score (nSPS) is 16.7. The molecule has 0 aliphatic carbocycles. The van der Waals surface area contributed by atoms with Crippen LogP contribution in [0.3, 0.4) is 0 Å². The van der Waals surface area contributed by atoms with Crippen molar-refractivity contribution in [3.63, 3.8) is 0 Å². The molecule has 0 aromatic carbocycles. The van der Waals surface area contributed by atoms with Crippen LogP contribution in [0, 0.1) is 22.5 Å². The molecule has 1 aliphatic heterocycles. The molecule has 1 atom stereocenters. The maximum atomic E-state index is 11.6. The second kappa shape index (κ2) is 8.55. The molecule has 1 saturated heterocycles. The molecule has 1 fully saturated rings. The molecule has 0 bridgehead atoms. The number of carbonyl (C=O) groups excluding carboxylic acids is 1. The lowest BCUT2D eigenvalue weighted by Crippen LogP contribution is -2.34. The summed E-state index contributed by atoms with van der Waals surface area (Å²) in [4.78, 5) is 22.0. The van der Waals surface area contributed by atoms with E-state index >= 15 is 0 Å². The van der Waals surface area contributed by atoms with Gasteiger partial charge in [-0.2, -0.15) is 0 Å². The van der Waals surface area contributed by atoms with E-state index in [0.29, 0.717) is 25.3 Å². The van der Waals surface area contributed by atoms with E-state index < -0.39 is 17.1 Å². The Bertz CT molecular complexity index is 676. The van der Waals surface area contributed by atoms with Gasteiger partial charge in [-0.15, -0.1) is 5.10 Å². The highest BCUT2D eigenvalue weighted by atomic mass is 16.6. The van der Waals surface area contributed by atoms with Gasteiger partial charge in [-0.25, -0.2) is 4.79 Å². The monoisotopic (exact) mass is 384 g/mol. The summed E-state index contributed by atoms with van der Waals surface area (Å²) in [6, 6.07) is 0.0427. The Hall–Kier alpha value is -2.36. The number of primary amides is 1. The number of hydrogen-bond acceptors (Lipinski definition) is 7. The molecule has 2 heterocycles. The van der Waals surface area contributed by atoms with E-state index in [4.69, 9.17) is 19.9 Å². The number of aromatic nitrogens is 2. The third kappa shape index (κ3) is 5.31. The van der Waals surface area contributed by atoms with E-state index in [1.165, 1.54) is 0 Å². The lowest BCUT2D eigenvalue weighted by molar-refractivity contribution is -0.386. The summed E-state index contributed by atoms with van der Waals surface area (Å²) >= 11 is 0. The Labute approximate surface area is 158 Å². The molecule has 0 saturated carbocycles. The van der Waals surface area contributed by atoms with Crippen molar-refractivity contribution in [3.8, 4) is 5.88 Å². The van der Waals surface area contributed by atoms with Gasteiger partial charge < -0.3 is 19.9 Å². The van der Waals surface area contributed by atoms with E-state index in [2.05, 4.69) is 5.10 Å². The van der Waals surface area contributed by atoms with E-state index in [9.17, 15) is 14.9 Å². The number of nitrogens with two attached hydrogens (primary N) is 1. The summed E-state index contributed by atoms with van der Waals surface area (Å²) in [7, 11) is 0. The van der Waals surface area contributed by atoms with E-state index in [-0.39, 0.29) is 29.6 Å². The van der Waals surface area contributed by atoms with Gasteiger partial charge >= 0.3 is 17.7 Å². The fourth-order valence-corrected chi connectivity index (χ4v) is 3.13. The molecule has 1 aromatic rings. The lowest BCUT2D eigenvalue weighted by Gasteiger charge is -2.30. The van der Waals surface area contributed by atoms with Crippen molar-refractivity contribution in [2.75, 3.05) is 19.8 Å². The summed E-state index contributed by atoms with van der Waals surface area (Å²) in [6.07, 6.45) is 0.510. The molecule has 2 rings (SSSR count). The topological polar surface area (TPSA) is 132 Å². The van der Waals surface area contributed by atoms with Crippen molar-refractivity contribution in [2.24, 2.45) is 11.1 Å². The Morgan fingerprint density at radius 3 is 2.59 bits per heavy atom. The minimum Gasteiger partial charge on any atom is -0.468 e. The van der Waals surface area contributed by atoms with Crippen molar-refractivity contribution in [2.45, 2.75) is 59.1 Å². The van der Waals surface area contributed by atoms with Crippen LogP contribution in [0.25, 0.3) is 0 Å². The van der Waals surface area contributed by atoms with Crippen LogP contribution in [0.4, 0.5) is 10.5 Å². The zero-order valence-electron chi connectivity index (χ0n) is 16.3. The first-order valence-corrected chi connectivity index (χ1v) is 9.01. The third-order valence-corrected chi connectivity index (χ3v) is 4.65. The maximum Gasteiger partial charge on any atom is 0.404 e. The Balaban J connectivity index is 2.28. The summed E-state index contributed by atoms with van der Waals surface area (Å²) in [5.74, 6) is -0.0111. The highest BCUT2D eigenvalue weighted by Gasteiger charge is 2.35. The fraction of sp³-hybridized carbons (Fsp3) is 0.765. The number of rotatable bonds is 7. The first-order chi connectivity index (χ1) is 12.6. The van der Waals surface area contributed by atoms with Crippen molar-refractivity contribution in [1.82, 2.24) is 9.78 Å². The van der Waals surface area contributed by atoms with Crippen LogP contribution in [-0.4, -0.2) is 46.7 Å². The van der Waals surface area contributed by atoms with Gasteiger partial charge in [0.05, 0.1) is 17.6 Å². The molecule has 1 unspecified atom stereocenters. The lowest BCUT2D eigenvalue weighted by atomic mass is 9.87. The van der Waals surface area contributed by atoms with Crippen LogP contribution >= 0.6 is 0 Å². The Morgan fingerprint density at radius 2 is 2.07 bits per heavy atom. The van der Waals surface area contributed by atoms with Gasteiger partial charge in [-0.3, -0.25) is 14.8 Å². The average Bonchev–Trinajstić information content (AvgIpc) is 2.90. The minimum atomic E-state index is -0.867. The molecule has 10 nitrogen and oxygen atoms in total. The predicted molar refractivity (Wildman–Crippen MR) is 96.7 cm³/mol. The largest absolute Gasteiger partial charge is 0.468 e. The molecule has 1 aromatic heterocycles. The second-order valence-corrected chi connectivity index (χ2v) is 7.71. The molecule has 1 amide bonds. The van der Waals surface area contributed by atoms with Gasteiger partial charge in [0, 0.05) is 19.6 Å². The molecular weight excluding hydrogens is 356 g/mol. The third-order valence-electron chi connectivity index (χ3n) is 4.65. The van der Waals surface area contributed by atoms with E-state index in [1.807, 2.05) is 20.8 Å². The minimum absolute atomic E-state index is 0.0111. The van der Waals surface area contributed by atoms with Gasteiger partial charge in [-0.05, 0) is 25.2 Å². The molecule has 1 aliphatic rings.